The molecule has 0 aromatic rings. The number of likely N-dealkylation sites (tertiary alicyclic amines) is 1. The molecule has 4 heterocycles. The molecule has 1 spiro atoms. The van der Waals surface area contributed by atoms with Gasteiger partial charge in [0.15, 0.2) is 0 Å². The van der Waals surface area contributed by atoms with Gasteiger partial charge in [-0.1, -0.05) is 12.8 Å². The van der Waals surface area contributed by atoms with Crippen LogP contribution >= 0.6 is 11.8 Å². The Kier molecular flexibility index (Phi) is 8.76. The number of rotatable bonds is 12. The second-order valence-electron chi connectivity index (χ2n) is 9.72. The zero-order valence-electron chi connectivity index (χ0n) is 20.2. The van der Waals surface area contributed by atoms with Gasteiger partial charge in [-0.15, -0.1) is 11.8 Å². The number of carbonyl (C=O) groups is 3. The van der Waals surface area contributed by atoms with Crippen molar-refractivity contribution < 1.29 is 29.0 Å². The number of ether oxygens (including phenoxy) is 2. The molecule has 2 amide bonds. The van der Waals surface area contributed by atoms with Crippen LogP contribution in [0.1, 0.15) is 45.4 Å². The number of hydrogen-bond donors (Lipinski definition) is 2. The highest BCUT2D eigenvalue weighted by Crippen LogP contribution is 2.66. The average molecular weight is 498 g/mol. The van der Waals surface area contributed by atoms with E-state index < -0.39 is 22.6 Å². The van der Waals surface area contributed by atoms with E-state index in [0.717, 1.165) is 58.2 Å². The second kappa shape index (κ2) is 11.6. The SMILES string of the molecule is CCOC(=O)[C@@H]1[C@@H]2CCC3(S2)C(C(=O)NCCN2CCOCC2)N(CCCCCCO)C(=O)[C@H]13. The summed E-state index contributed by atoms with van der Waals surface area (Å²) in [5, 5.41) is 12.2. The molecule has 10 heteroatoms. The molecule has 4 rings (SSSR count). The molecule has 0 aromatic heterocycles. The molecule has 4 aliphatic heterocycles. The van der Waals surface area contributed by atoms with Crippen LogP contribution < -0.4 is 5.32 Å². The predicted octanol–water partition coefficient (Wildman–Crippen LogP) is 0.642. The third kappa shape index (κ3) is 4.96. The van der Waals surface area contributed by atoms with Gasteiger partial charge in [0.1, 0.15) is 6.04 Å². The van der Waals surface area contributed by atoms with Crippen LogP contribution in [0.4, 0.5) is 0 Å². The highest BCUT2D eigenvalue weighted by molar-refractivity contribution is 8.02. The number of fused-ring (bicyclic) bond motifs is 1. The van der Waals surface area contributed by atoms with E-state index in [1.807, 2.05) is 0 Å². The van der Waals surface area contributed by atoms with Crippen LogP contribution in [-0.2, 0) is 23.9 Å². The number of unbranched alkanes of at least 4 members (excludes halogenated alkanes) is 3. The molecule has 34 heavy (non-hydrogen) atoms. The molecule has 0 saturated carbocycles. The average Bonchev–Trinajstić information content (AvgIpc) is 3.47. The van der Waals surface area contributed by atoms with Crippen LogP contribution in [0.3, 0.4) is 0 Å². The number of esters is 1. The van der Waals surface area contributed by atoms with Crippen molar-refractivity contribution in [2.45, 2.75) is 61.5 Å². The third-order valence-electron chi connectivity index (χ3n) is 7.75. The minimum atomic E-state index is -0.554. The topological polar surface area (TPSA) is 108 Å². The number of morpholine rings is 1. The highest BCUT2D eigenvalue weighted by Gasteiger charge is 2.73. The summed E-state index contributed by atoms with van der Waals surface area (Å²) in [4.78, 5) is 44.2. The van der Waals surface area contributed by atoms with Gasteiger partial charge < -0.3 is 24.8 Å². The van der Waals surface area contributed by atoms with Gasteiger partial charge in [-0.25, -0.2) is 0 Å². The molecule has 2 unspecified atom stereocenters. The molecule has 4 saturated heterocycles. The number of carbonyl (C=O) groups excluding carboxylic acids is 3. The van der Waals surface area contributed by atoms with E-state index >= 15 is 0 Å². The summed E-state index contributed by atoms with van der Waals surface area (Å²) in [7, 11) is 0. The van der Waals surface area contributed by atoms with Crippen LogP contribution in [-0.4, -0.2) is 108 Å². The van der Waals surface area contributed by atoms with E-state index in [9.17, 15) is 14.4 Å². The van der Waals surface area contributed by atoms with E-state index in [2.05, 4.69) is 10.2 Å². The smallest absolute Gasteiger partial charge is 0.310 e. The van der Waals surface area contributed by atoms with Crippen molar-refractivity contribution in [3.05, 3.63) is 0 Å². The van der Waals surface area contributed by atoms with E-state index in [-0.39, 0.29) is 29.6 Å². The van der Waals surface area contributed by atoms with Crippen molar-refractivity contribution in [2.24, 2.45) is 11.8 Å². The van der Waals surface area contributed by atoms with Gasteiger partial charge in [-0.2, -0.15) is 0 Å². The lowest BCUT2D eigenvalue weighted by Crippen LogP contribution is -2.54. The molecule has 9 nitrogen and oxygen atoms in total. The van der Waals surface area contributed by atoms with Crippen LogP contribution in [0, 0.1) is 11.8 Å². The number of thioether (sulfide) groups is 1. The van der Waals surface area contributed by atoms with Gasteiger partial charge in [0.25, 0.3) is 0 Å². The maximum atomic E-state index is 13.7. The number of aliphatic hydroxyl groups is 1. The van der Waals surface area contributed by atoms with Crippen molar-refractivity contribution in [3.8, 4) is 0 Å². The second-order valence-corrected chi connectivity index (χ2v) is 11.3. The predicted molar refractivity (Wildman–Crippen MR) is 128 cm³/mol. The van der Waals surface area contributed by atoms with E-state index in [1.165, 1.54) is 0 Å². The van der Waals surface area contributed by atoms with E-state index in [1.54, 1.807) is 23.6 Å². The summed E-state index contributed by atoms with van der Waals surface area (Å²) in [6.45, 7) is 7.20. The van der Waals surface area contributed by atoms with Crippen molar-refractivity contribution in [3.63, 3.8) is 0 Å². The van der Waals surface area contributed by atoms with Gasteiger partial charge in [0.2, 0.25) is 11.8 Å². The third-order valence-corrected chi connectivity index (χ3v) is 9.70. The van der Waals surface area contributed by atoms with Crippen molar-refractivity contribution >= 4 is 29.5 Å². The number of nitrogens with zero attached hydrogens (tertiary/aromatic N) is 2. The summed E-state index contributed by atoms with van der Waals surface area (Å²) in [6.07, 6.45) is 4.92. The Bertz CT molecular complexity index is 748. The molecule has 4 fully saturated rings. The fourth-order valence-corrected chi connectivity index (χ4v) is 8.41. The molecule has 2 bridgehead atoms. The minimum Gasteiger partial charge on any atom is -0.466 e. The first kappa shape index (κ1) is 25.7. The Balaban J connectivity index is 1.48. The van der Waals surface area contributed by atoms with Gasteiger partial charge in [-0.05, 0) is 32.6 Å². The summed E-state index contributed by atoms with van der Waals surface area (Å²) < 4.78 is 10.2. The van der Waals surface area contributed by atoms with Gasteiger partial charge in [0, 0.05) is 44.6 Å². The zero-order valence-corrected chi connectivity index (χ0v) is 21.0. The quantitative estimate of drug-likeness (QED) is 0.299. The van der Waals surface area contributed by atoms with Crippen LogP contribution in [0.2, 0.25) is 0 Å². The van der Waals surface area contributed by atoms with Crippen LogP contribution in [0.15, 0.2) is 0 Å². The molecular formula is C24H39N3O6S. The highest BCUT2D eigenvalue weighted by atomic mass is 32.2. The van der Waals surface area contributed by atoms with E-state index in [4.69, 9.17) is 14.6 Å². The molecule has 5 atom stereocenters. The molecule has 192 valence electrons. The molecule has 0 aromatic carbocycles. The maximum Gasteiger partial charge on any atom is 0.310 e. The fourth-order valence-electron chi connectivity index (χ4n) is 6.21. The molecule has 0 aliphatic carbocycles. The summed E-state index contributed by atoms with van der Waals surface area (Å²) in [5.41, 5.74) is 0. The standard InChI is InChI=1S/C24H39N3O6S/c1-2-33-23(31)18-17-7-8-24(34-17)19(18)22(30)27(10-5-3-4-6-14-28)20(24)21(29)25-9-11-26-12-15-32-16-13-26/h17-20,28H,2-16H2,1H3,(H,25,29)/t17-,18+,19-,20?,24?/m0/s1. The van der Waals surface area contributed by atoms with Crippen molar-refractivity contribution in [2.75, 3.05) is 59.2 Å². The summed E-state index contributed by atoms with van der Waals surface area (Å²) in [5.74, 6) is -1.41. The van der Waals surface area contributed by atoms with Crippen LogP contribution in [0.5, 0.6) is 0 Å². The Morgan fingerprint density at radius 3 is 2.71 bits per heavy atom. The number of aliphatic hydroxyl groups excluding tert-OH is 1. The monoisotopic (exact) mass is 497 g/mol. The van der Waals surface area contributed by atoms with Crippen LogP contribution in [0.25, 0.3) is 0 Å². The maximum absolute atomic E-state index is 13.7. The van der Waals surface area contributed by atoms with Gasteiger partial charge in [-0.3, -0.25) is 19.3 Å². The van der Waals surface area contributed by atoms with E-state index in [0.29, 0.717) is 32.9 Å². The Morgan fingerprint density at radius 2 is 1.97 bits per heavy atom. The number of nitrogens with one attached hydrogen (secondary N) is 1. The van der Waals surface area contributed by atoms with Gasteiger partial charge >= 0.3 is 5.97 Å². The zero-order chi connectivity index (χ0) is 24.1. The lowest BCUT2D eigenvalue weighted by Gasteiger charge is -2.34. The number of hydrogen-bond acceptors (Lipinski definition) is 8. The molecular weight excluding hydrogens is 458 g/mol. The van der Waals surface area contributed by atoms with Gasteiger partial charge in [0.05, 0.1) is 36.4 Å². The van der Waals surface area contributed by atoms with Crippen molar-refractivity contribution in [1.82, 2.24) is 15.1 Å². The first-order valence-corrected chi connectivity index (χ1v) is 13.7. The Hall–Kier alpha value is -1.36. The fraction of sp³-hybridized carbons (Fsp3) is 0.875. The first-order chi connectivity index (χ1) is 16.5. The summed E-state index contributed by atoms with van der Waals surface area (Å²) >= 11 is 1.68. The lowest BCUT2D eigenvalue weighted by molar-refractivity contribution is -0.153. The largest absolute Gasteiger partial charge is 0.466 e. The first-order valence-electron chi connectivity index (χ1n) is 12.9. The minimum absolute atomic E-state index is 0.0448. The Labute approximate surface area is 206 Å². The lowest BCUT2D eigenvalue weighted by atomic mass is 9.71. The number of amides is 2. The molecule has 0 radical (unpaired) electrons. The molecule has 4 aliphatic rings. The Morgan fingerprint density at radius 1 is 1.21 bits per heavy atom. The normalized spacial score (nSPS) is 32.8. The summed E-state index contributed by atoms with van der Waals surface area (Å²) in [6, 6.07) is -0.554. The van der Waals surface area contributed by atoms with Crippen molar-refractivity contribution in [1.29, 1.82) is 0 Å². The molecule has 2 N–H and O–H groups in total.